The van der Waals surface area contributed by atoms with Crippen LogP contribution in [0.3, 0.4) is 0 Å². The first-order chi connectivity index (χ1) is 39.9. The lowest BCUT2D eigenvalue weighted by Gasteiger charge is -2.47. The molecule has 10 atom stereocenters. The smallest absolute Gasteiger partial charge is 0.338 e. The molecule has 14 heteroatoms. The minimum atomic E-state index is -1.48. The van der Waals surface area contributed by atoms with Crippen molar-refractivity contribution in [3.05, 3.63) is 282 Å². The van der Waals surface area contributed by atoms with Crippen LogP contribution in [-0.2, 0) is 73.8 Å². The number of rotatable bonds is 24. The Morgan fingerprint density at radius 2 is 0.691 bits per heavy atom. The molecule has 0 bridgehead atoms. The van der Waals surface area contributed by atoms with Crippen molar-refractivity contribution in [2.45, 2.75) is 91.9 Å². The Balaban J connectivity index is 1.04. The number of hydrogen-bond donors (Lipinski definition) is 0. The molecule has 2 saturated heterocycles. The molecule has 0 N–H and O–H groups in total. The molecule has 0 spiro atoms. The van der Waals surface area contributed by atoms with Gasteiger partial charge in [0, 0.05) is 4.90 Å². The quantitative estimate of drug-likeness (QED) is 0.0418. The van der Waals surface area contributed by atoms with E-state index in [1.54, 1.807) is 91.0 Å². The molecule has 0 unspecified atom stereocenters. The predicted octanol–water partition coefficient (Wildman–Crippen LogP) is 11.9. The molecule has 0 saturated carbocycles. The van der Waals surface area contributed by atoms with Crippen molar-refractivity contribution in [1.29, 1.82) is 0 Å². The number of thioether (sulfide) groups is 1. The zero-order valence-corrected chi connectivity index (χ0v) is 45.1. The summed E-state index contributed by atoms with van der Waals surface area (Å²) in [6.07, 6.45) is -10.1. The van der Waals surface area contributed by atoms with Crippen LogP contribution < -0.4 is 0 Å². The topological polar surface area (TPSA) is 144 Å². The first-order valence-corrected chi connectivity index (χ1v) is 27.8. The van der Waals surface area contributed by atoms with Crippen LogP contribution in [0.1, 0.15) is 53.3 Å². The van der Waals surface area contributed by atoms with Gasteiger partial charge >= 0.3 is 17.9 Å². The Labute approximate surface area is 475 Å². The Morgan fingerprint density at radius 3 is 1.15 bits per heavy atom. The molecule has 2 aliphatic heterocycles. The van der Waals surface area contributed by atoms with Gasteiger partial charge in [0.1, 0.15) is 36.0 Å². The van der Waals surface area contributed by atoms with E-state index in [1.165, 1.54) is 11.8 Å². The van der Waals surface area contributed by atoms with Crippen LogP contribution in [0.4, 0.5) is 0 Å². The molecule has 8 aromatic rings. The van der Waals surface area contributed by atoms with E-state index in [-0.39, 0.29) is 56.3 Å². The second-order valence-corrected chi connectivity index (χ2v) is 20.5. The van der Waals surface area contributed by atoms with E-state index in [1.807, 2.05) is 152 Å². The summed E-state index contributed by atoms with van der Waals surface area (Å²) in [5.41, 5.74) is 3.30. The fourth-order valence-electron chi connectivity index (χ4n) is 9.51. The fraction of sp³-hybridized carbons (Fsp3) is 0.239. The summed E-state index contributed by atoms with van der Waals surface area (Å²) in [6.45, 7) is 0.543. The molecular weight excluding hydrogens is 1040 g/mol. The van der Waals surface area contributed by atoms with Crippen LogP contribution in [0.5, 0.6) is 0 Å². The Kier molecular flexibility index (Phi) is 20.3. The van der Waals surface area contributed by atoms with Crippen molar-refractivity contribution in [3.8, 4) is 0 Å². The second-order valence-electron chi connectivity index (χ2n) is 19.3. The van der Waals surface area contributed by atoms with Crippen molar-refractivity contribution in [2.75, 3.05) is 13.2 Å². The van der Waals surface area contributed by atoms with Gasteiger partial charge in [-0.25, -0.2) is 14.4 Å². The lowest BCUT2D eigenvalue weighted by atomic mass is 9.97. The van der Waals surface area contributed by atoms with Crippen molar-refractivity contribution >= 4 is 29.7 Å². The summed E-state index contributed by atoms with van der Waals surface area (Å²) in [7, 11) is 0. The highest BCUT2D eigenvalue weighted by Crippen LogP contribution is 2.40. The Bertz CT molecular complexity index is 3150. The molecule has 10 rings (SSSR count). The molecule has 8 aromatic carbocycles. The molecule has 0 radical (unpaired) electrons. The third kappa shape index (κ3) is 15.8. The molecule has 0 amide bonds. The molecule has 81 heavy (non-hydrogen) atoms. The van der Waals surface area contributed by atoms with Gasteiger partial charge in [-0.3, -0.25) is 0 Å². The Morgan fingerprint density at radius 1 is 0.333 bits per heavy atom. The summed E-state index contributed by atoms with van der Waals surface area (Å²) in [4.78, 5) is 44.0. The number of carbonyl (C=O) groups excluding carboxylic acids is 3. The fourth-order valence-corrected chi connectivity index (χ4v) is 10.6. The molecule has 2 fully saturated rings. The number of hydrogen-bond acceptors (Lipinski definition) is 14. The minimum Gasteiger partial charge on any atom is -0.452 e. The van der Waals surface area contributed by atoms with E-state index < -0.39 is 78.5 Å². The van der Waals surface area contributed by atoms with Gasteiger partial charge in [-0.2, -0.15) is 0 Å². The SMILES string of the molecule is O=C(O[C@H]1[C@@H](OC(=O)c2ccccc2)[C@@H](CO[C@@H]2O[C@H](COCc3ccccc3)[C@H](OCc3ccccc3)[C@H](OCc3ccccc3)[C@H]2OCc2ccccc2)O[C@@H](Sc2ccccc2)[C@@H]1OC(=O)c1ccccc1)c1ccccc1. The van der Waals surface area contributed by atoms with E-state index in [9.17, 15) is 14.4 Å². The van der Waals surface area contributed by atoms with Gasteiger partial charge in [0.25, 0.3) is 0 Å². The maximum Gasteiger partial charge on any atom is 0.338 e. The average molecular weight is 1110 g/mol. The zero-order valence-electron chi connectivity index (χ0n) is 44.3. The summed E-state index contributed by atoms with van der Waals surface area (Å²) >= 11 is 1.25. The van der Waals surface area contributed by atoms with Gasteiger partial charge in [0.05, 0.1) is 56.3 Å². The van der Waals surface area contributed by atoms with Crippen LogP contribution in [0.15, 0.2) is 248 Å². The highest BCUT2D eigenvalue weighted by atomic mass is 32.2. The van der Waals surface area contributed by atoms with E-state index in [0.717, 1.165) is 27.1 Å². The van der Waals surface area contributed by atoms with Crippen LogP contribution in [0, 0.1) is 0 Å². The van der Waals surface area contributed by atoms with Crippen molar-refractivity contribution in [3.63, 3.8) is 0 Å². The van der Waals surface area contributed by atoms with Crippen molar-refractivity contribution < 1.29 is 61.8 Å². The molecule has 13 nitrogen and oxygen atoms in total. The largest absolute Gasteiger partial charge is 0.452 e. The predicted molar refractivity (Wildman–Crippen MR) is 304 cm³/mol. The van der Waals surface area contributed by atoms with Crippen molar-refractivity contribution in [1.82, 2.24) is 0 Å². The van der Waals surface area contributed by atoms with Crippen LogP contribution in [-0.4, -0.2) is 91.7 Å². The molecule has 0 aromatic heterocycles. The molecule has 414 valence electrons. The minimum absolute atomic E-state index is 0.0593. The van der Waals surface area contributed by atoms with Gasteiger partial charge in [0.15, 0.2) is 24.6 Å². The zero-order chi connectivity index (χ0) is 55.4. The number of carbonyl (C=O) groups is 3. The number of benzene rings is 8. The molecular formula is C67H62O13S. The summed E-state index contributed by atoms with van der Waals surface area (Å²) in [5.74, 6) is -2.22. The summed E-state index contributed by atoms with van der Waals surface area (Å²) < 4.78 is 67.9. The van der Waals surface area contributed by atoms with Gasteiger partial charge < -0.3 is 47.4 Å². The Hall–Kier alpha value is -7.76. The lowest BCUT2D eigenvalue weighted by Crippen LogP contribution is -2.64. The van der Waals surface area contributed by atoms with E-state index >= 15 is 0 Å². The monoisotopic (exact) mass is 1110 g/mol. The highest BCUT2D eigenvalue weighted by Gasteiger charge is 2.55. The van der Waals surface area contributed by atoms with Crippen LogP contribution in [0.2, 0.25) is 0 Å². The molecule has 2 heterocycles. The standard InChI is InChI=1S/C67H62O13S/c68-63(51-33-17-5-18-34-51)78-58-56(77-67(81-54-39-23-8-24-40-54)62(80-65(70)53-37-21-7-22-38-53)60(58)79-64(69)52-35-19-6-20-36-52)46-75-66-61(74-44-50-31-15-4-16-32-50)59(73-43-49-29-13-3-14-30-49)57(72-42-48-27-11-2-12-28-48)55(76-66)45-71-41-47-25-9-1-10-26-47/h1-40,55-62,66-67H,41-46H2/t55-,56-,57+,58+,59+,60+,61-,62-,66-,67+/m1/s1. The van der Waals surface area contributed by atoms with Gasteiger partial charge in [0.2, 0.25) is 0 Å². The number of esters is 3. The van der Waals surface area contributed by atoms with E-state index in [2.05, 4.69) is 0 Å². The van der Waals surface area contributed by atoms with E-state index in [4.69, 9.17) is 47.4 Å². The second kappa shape index (κ2) is 29.1. The first-order valence-electron chi connectivity index (χ1n) is 26.9. The third-order valence-corrected chi connectivity index (χ3v) is 14.8. The summed E-state index contributed by atoms with van der Waals surface area (Å²) in [5, 5.41) is 0. The summed E-state index contributed by atoms with van der Waals surface area (Å²) in [6, 6.07) is 73.9. The maximum atomic E-state index is 14.5. The molecule has 2 aliphatic rings. The van der Waals surface area contributed by atoms with Gasteiger partial charge in [-0.15, -0.1) is 0 Å². The van der Waals surface area contributed by atoms with Crippen LogP contribution >= 0.6 is 11.8 Å². The first kappa shape index (κ1) is 56.5. The third-order valence-electron chi connectivity index (χ3n) is 13.6. The van der Waals surface area contributed by atoms with Gasteiger partial charge in [-0.05, 0) is 70.8 Å². The maximum absolute atomic E-state index is 14.5. The van der Waals surface area contributed by atoms with E-state index in [0.29, 0.717) is 0 Å². The average Bonchev–Trinajstić information content (AvgIpc) is 3.55. The van der Waals surface area contributed by atoms with Crippen LogP contribution in [0.25, 0.3) is 0 Å². The van der Waals surface area contributed by atoms with Crippen molar-refractivity contribution in [2.24, 2.45) is 0 Å². The van der Waals surface area contributed by atoms with Gasteiger partial charge in [-0.1, -0.05) is 206 Å². The lowest BCUT2D eigenvalue weighted by molar-refractivity contribution is -0.335. The molecule has 0 aliphatic carbocycles. The highest BCUT2D eigenvalue weighted by molar-refractivity contribution is 7.99. The normalized spacial score (nSPS) is 22.5. The number of ether oxygens (including phenoxy) is 10.